The highest BCUT2D eigenvalue weighted by Crippen LogP contribution is 2.28. The number of fused-ring (bicyclic) bond motifs is 3. The van der Waals surface area contributed by atoms with Gasteiger partial charge in [-0.05, 0) is 42.3 Å². The smallest absolute Gasteiger partial charge is 0.258 e. The summed E-state index contributed by atoms with van der Waals surface area (Å²) >= 11 is 0. The zero-order chi connectivity index (χ0) is 16.1. The van der Waals surface area contributed by atoms with Gasteiger partial charge in [0, 0.05) is 41.5 Å². The van der Waals surface area contributed by atoms with Crippen LogP contribution in [-0.2, 0) is 7.05 Å². The van der Waals surface area contributed by atoms with Gasteiger partial charge in [0.1, 0.15) is 5.65 Å². The Hall–Kier alpha value is -3.08. The van der Waals surface area contributed by atoms with Gasteiger partial charge in [-0.15, -0.1) is 0 Å². The second kappa shape index (κ2) is 4.71. The van der Waals surface area contributed by atoms with Gasteiger partial charge in [-0.1, -0.05) is 6.07 Å². The van der Waals surface area contributed by atoms with Gasteiger partial charge in [-0.3, -0.25) is 4.79 Å². The number of anilines is 1. The van der Waals surface area contributed by atoms with E-state index in [0.29, 0.717) is 11.3 Å². The highest BCUT2D eigenvalue weighted by molar-refractivity contribution is 6.03. The van der Waals surface area contributed by atoms with Crippen LogP contribution in [-0.4, -0.2) is 14.5 Å². The lowest BCUT2D eigenvalue weighted by molar-refractivity contribution is 0.911. The van der Waals surface area contributed by atoms with Crippen molar-refractivity contribution >= 4 is 27.6 Å². The third-order valence-electron chi connectivity index (χ3n) is 4.31. The van der Waals surface area contributed by atoms with Gasteiger partial charge in [0.25, 0.3) is 5.56 Å². The highest BCUT2D eigenvalue weighted by atomic mass is 16.1. The standard InChI is InChI=1S/C18H16N4O/c1-10-3-4-12(19)8-14(10)15-7-11-9-21-17-13(5-6-20-17)16(11)22(2)18(15)23/h3-9H,19H2,1-2H3,(H,20,21). The Morgan fingerprint density at radius 1 is 1.17 bits per heavy atom. The summed E-state index contributed by atoms with van der Waals surface area (Å²) in [4.78, 5) is 20.4. The van der Waals surface area contributed by atoms with Crippen molar-refractivity contribution in [2.24, 2.45) is 7.05 Å². The predicted octanol–water partition coefficient (Wildman–Crippen LogP) is 2.97. The number of nitrogens with two attached hydrogens (primary N) is 1. The number of benzene rings is 1. The normalized spacial score (nSPS) is 11.4. The number of hydrogen-bond donors (Lipinski definition) is 2. The number of aromatic nitrogens is 3. The van der Waals surface area contributed by atoms with Crippen LogP contribution in [0.2, 0.25) is 0 Å². The Labute approximate surface area is 132 Å². The van der Waals surface area contributed by atoms with Gasteiger partial charge < -0.3 is 15.3 Å². The van der Waals surface area contributed by atoms with E-state index < -0.39 is 0 Å². The lowest BCUT2D eigenvalue weighted by Gasteiger charge is -2.12. The largest absolute Gasteiger partial charge is 0.399 e. The van der Waals surface area contributed by atoms with E-state index in [0.717, 1.165) is 33.1 Å². The summed E-state index contributed by atoms with van der Waals surface area (Å²) in [5.41, 5.74) is 10.7. The molecule has 114 valence electrons. The molecule has 5 nitrogen and oxygen atoms in total. The van der Waals surface area contributed by atoms with Crippen molar-refractivity contribution in [2.75, 3.05) is 5.73 Å². The summed E-state index contributed by atoms with van der Waals surface area (Å²) in [6.07, 6.45) is 3.62. The van der Waals surface area contributed by atoms with Gasteiger partial charge >= 0.3 is 0 Å². The molecule has 0 aliphatic rings. The highest BCUT2D eigenvalue weighted by Gasteiger charge is 2.14. The van der Waals surface area contributed by atoms with E-state index in [1.165, 1.54) is 0 Å². The van der Waals surface area contributed by atoms with Gasteiger partial charge in [0.05, 0.1) is 5.52 Å². The summed E-state index contributed by atoms with van der Waals surface area (Å²) in [6.45, 7) is 1.98. The van der Waals surface area contributed by atoms with Crippen LogP contribution in [0.25, 0.3) is 33.1 Å². The average molecular weight is 304 g/mol. The molecule has 4 rings (SSSR count). The lowest BCUT2D eigenvalue weighted by Crippen LogP contribution is -2.19. The number of nitrogen functional groups attached to an aromatic ring is 1. The van der Waals surface area contributed by atoms with Gasteiger partial charge in [0.2, 0.25) is 0 Å². The molecule has 4 aromatic rings. The zero-order valence-electron chi connectivity index (χ0n) is 12.9. The fourth-order valence-corrected chi connectivity index (χ4v) is 3.11. The third-order valence-corrected chi connectivity index (χ3v) is 4.31. The third kappa shape index (κ3) is 1.93. The minimum Gasteiger partial charge on any atom is -0.399 e. The topological polar surface area (TPSA) is 76.7 Å². The summed E-state index contributed by atoms with van der Waals surface area (Å²) < 4.78 is 1.69. The molecule has 3 heterocycles. The van der Waals surface area contributed by atoms with Crippen molar-refractivity contribution in [1.29, 1.82) is 0 Å². The van der Waals surface area contributed by atoms with Crippen molar-refractivity contribution in [3.05, 3.63) is 58.6 Å². The van der Waals surface area contributed by atoms with E-state index >= 15 is 0 Å². The molecule has 23 heavy (non-hydrogen) atoms. The SMILES string of the molecule is Cc1ccc(N)cc1-c1cc2cnc3[nH]ccc3c2n(C)c1=O. The number of nitrogens with zero attached hydrogens (tertiary/aromatic N) is 2. The van der Waals surface area contributed by atoms with E-state index in [1.54, 1.807) is 17.8 Å². The second-order valence-corrected chi connectivity index (χ2v) is 5.80. The molecule has 0 bridgehead atoms. The van der Waals surface area contributed by atoms with Crippen molar-refractivity contribution < 1.29 is 0 Å². The molecule has 0 atom stereocenters. The molecule has 0 spiro atoms. The van der Waals surface area contributed by atoms with Crippen LogP contribution in [0, 0.1) is 6.92 Å². The number of hydrogen-bond acceptors (Lipinski definition) is 3. The number of aryl methyl sites for hydroxylation is 2. The average Bonchev–Trinajstić information content (AvgIpc) is 3.01. The summed E-state index contributed by atoms with van der Waals surface area (Å²) in [7, 11) is 1.79. The maximum Gasteiger partial charge on any atom is 0.258 e. The van der Waals surface area contributed by atoms with Crippen molar-refractivity contribution in [3.8, 4) is 11.1 Å². The van der Waals surface area contributed by atoms with Crippen LogP contribution in [0.1, 0.15) is 5.56 Å². The van der Waals surface area contributed by atoms with Crippen molar-refractivity contribution in [2.45, 2.75) is 6.92 Å². The first kappa shape index (κ1) is 13.6. The predicted molar refractivity (Wildman–Crippen MR) is 93.4 cm³/mol. The van der Waals surface area contributed by atoms with Crippen molar-refractivity contribution in [3.63, 3.8) is 0 Å². The molecule has 0 amide bonds. The van der Waals surface area contributed by atoms with Gasteiger partial charge in [-0.25, -0.2) is 4.98 Å². The fourth-order valence-electron chi connectivity index (χ4n) is 3.11. The number of aromatic amines is 1. The Morgan fingerprint density at radius 3 is 2.83 bits per heavy atom. The molecule has 0 aliphatic heterocycles. The van der Waals surface area contributed by atoms with Crippen LogP contribution in [0.5, 0.6) is 0 Å². The maximum absolute atomic E-state index is 12.9. The monoisotopic (exact) mass is 304 g/mol. The molecule has 3 aromatic heterocycles. The molecule has 0 saturated heterocycles. The molecule has 0 unspecified atom stereocenters. The minimum atomic E-state index is -0.0418. The van der Waals surface area contributed by atoms with Gasteiger partial charge in [-0.2, -0.15) is 0 Å². The molecule has 0 aliphatic carbocycles. The van der Waals surface area contributed by atoms with Crippen LogP contribution >= 0.6 is 0 Å². The van der Waals surface area contributed by atoms with E-state index in [9.17, 15) is 4.79 Å². The first-order chi connectivity index (χ1) is 11.1. The van der Waals surface area contributed by atoms with E-state index in [2.05, 4.69) is 9.97 Å². The Balaban J connectivity index is 2.14. The fraction of sp³-hybridized carbons (Fsp3) is 0.111. The Bertz CT molecular complexity index is 1120. The summed E-state index contributed by atoms with van der Waals surface area (Å²) in [5, 5.41) is 1.87. The molecule has 0 radical (unpaired) electrons. The lowest BCUT2D eigenvalue weighted by atomic mass is 9.99. The zero-order valence-corrected chi connectivity index (χ0v) is 12.9. The molecule has 0 fully saturated rings. The molecule has 5 heteroatoms. The Kier molecular flexibility index (Phi) is 2.78. The van der Waals surface area contributed by atoms with E-state index in [-0.39, 0.29) is 5.56 Å². The first-order valence-electron chi connectivity index (χ1n) is 7.38. The van der Waals surface area contributed by atoms with Crippen LogP contribution < -0.4 is 11.3 Å². The van der Waals surface area contributed by atoms with E-state index in [4.69, 9.17) is 5.73 Å². The quantitative estimate of drug-likeness (QED) is 0.531. The van der Waals surface area contributed by atoms with Crippen molar-refractivity contribution in [1.82, 2.24) is 14.5 Å². The minimum absolute atomic E-state index is 0.0418. The number of nitrogens with one attached hydrogen (secondary N) is 1. The molecule has 0 saturated carbocycles. The molecule has 3 N–H and O–H groups in total. The summed E-state index contributed by atoms with van der Waals surface area (Å²) in [5.74, 6) is 0. The number of H-pyrrole nitrogens is 1. The Morgan fingerprint density at radius 2 is 2.00 bits per heavy atom. The molecular weight excluding hydrogens is 288 g/mol. The number of pyridine rings is 2. The second-order valence-electron chi connectivity index (χ2n) is 5.80. The van der Waals surface area contributed by atoms with Crippen LogP contribution in [0.15, 0.2) is 47.5 Å². The summed E-state index contributed by atoms with van der Waals surface area (Å²) in [6, 6.07) is 9.46. The molecular formula is C18H16N4O. The van der Waals surface area contributed by atoms with Crippen LogP contribution in [0.4, 0.5) is 5.69 Å². The first-order valence-corrected chi connectivity index (χ1v) is 7.38. The molecule has 1 aromatic carbocycles. The van der Waals surface area contributed by atoms with E-state index in [1.807, 2.05) is 43.5 Å². The number of rotatable bonds is 1. The van der Waals surface area contributed by atoms with Crippen LogP contribution in [0.3, 0.4) is 0 Å². The maximum atomic E-state index is 12.9. The van der Waals surface area contributed by atoms with Gasteiger partial charge in [0.15, 0.2) is 0 Å².